The monoisotopic (exact) mass is 288 g/mol. The number of hydrogen-bond acceptors (Lipinski definition) is 4. The predicted molar refractivity (Wildman–Crippen MR) is 73.3 cm³/mol. The summed E-state index contributed by atoms with van der Waals surface area (Å²) in [4.78, 5) is 33.9. The van der Waals surface area contributed by atoms with Gasteiger partial charge in [-0.25, -0.2) is 4.79 Å². The lowest BCUT2D eigenvalue weighted by Gasteiger charge is -2.24. The average molecular weight is 288 g/mol. The second-order valence-electron chi connectivity index (χ2n) is 5.94. The summed E-state index contributed by atoms with van der Waals surface area (Å²) >= 11 is 0. The first-order valence-corrected chi connectivity index (χ1v) is 6.50. The molecule has 1 atom stereocenters. The Bertz CT molecular complexity index is 360. The highest BCUT2D eigenvalue weighted by molar-refractivity contribution is 5.87. The number of carbonyl (C=O) groups is 3. The van der Waals surface area contributed by atoms with Gasteiger partial charge in [-0.05, 0) is 33.1 Å². The summed E-state index contributed by atoms with van der Waals surface area (Å²) in [6.07, 6.45) is -0.307. The minimum Gasteiger partial charge on any atom is -0.480 e. The summed E-state index contributed by atoms with van der Waals surface area (Å²) in [5, 5.41) is 13.2. The number of nitrogens with one attached hydrogen (secondary N) is 2. The molecule has 0 heterocycles. The van der Waals surface area contributed by atoms with Gasteiger partial charge in [0.25, 0.3) is 0 Å². The number of rotatable bonds is 6. The maximum Gasteiger partial charge on any atom is 0.408 e. The van der Waals surface area contributed by atoms with Crippen molar-refractivity contribution >= 4 is 18.0 Å². The van der Waals surface area contributed by atoms with Crippen molar-refractivity contribution in [1.29, 1.82) is 0 Å². The first-order valence-electron chi connectivity index (χ1n) is 6.50. The van der Waals surface area contributed by atoms with Crippen molar-refractivity contribution in [2.75, 3.05) is 6.54 Å². The molecular formula is C13H24N2O5. The van der Waals surface area contributed by atoms with Crippen molar-refractivity contribution in [1.82, 2.24) is 10.6 Å². The van der Waals surface area contributed by atoms with Crippen LogP contribution >= 0.6 is 0 Å². The number of ether oxygens (including phenoxy) is 1. The normalized spacial score (nSPS) is 12.7. The SMILES string of the molecule is CC(C)C[C@H](NC(=O)OC(C)(C)C)C(=O)NCC(=O)O. The quantitative estimate of drug-likeness (QED) is 0.679. The van der Waals surface area contributed by atoms with Gasteiger partial charge >= 0.3 is 12.1 Å². The van der Waals surface area contributed by atoms with E-state index in [2.05, 4.69) is 10.6 Å². The highest BCUT2D eigenvalue weighted by Crippen LogP contribution is 2.09. The standard InChI is InChI=1S/C13H24N2O5/c1-8(2)6-9(11(18)14-7-10(16)17)15-12(19)20-13(3,4)5/h8-9H,6-7H2,1-5H3,(H,14,18)(H,15,19)(H,16,17)/t9-/m0/s1. The van der Waals surface area contributed by atoms with E-state index in [1.54, 1.807) is 20.8 Å². The molecule has 20 heavy (non-hydrogen) atoms. The van der Waals surface area contributed by atoms with Crippen LogP contribution < -0.4 is 10.6 Å². The fraction of sp³-hybridized carbons (Fsp3) is 0.769. The first kappa shape index (κ1) is 18.2. The Morgan fingerprint density at radius 2 is 1.75 bits per heavy atom. The zero-order valence-electron chi connectivity index (χ0n) is 12.6. The van der Waals surface area contributed by atoms with Gasteiger partial charge in [-0.2, -0.15) is 0 Å². The van der Waals surface area contributed by atoms with Crippen LogP contribution in [0.4, 0.5) is 4.79 Å². The molecule has 0 aromatic carbocycles. The summed E-state index contributed by atoms with van der Waals surface area (Å²) in [6, 6.07) is -0.816. The fourth-order valence-corrected chi connectivity index (χ4v) is 1.44. The smallest absolute Gasteiger partial charge is 0.408 e. The molecule has 116 valence electrons. The Morgan fingerprint density at radius 3 is 2.15 bits per heavy atom. The fourth-order valence-electron chi connectivity index (χ4n) is 1.44. The minimum absolute atomic E-state index is 0.158. The van der Waals surface area contributed by atoms with Gasteiger partial charge in [-0.15, -0.1) is 0 Å². The van der Waals surface area contributed by atoms with Crippen molar-refractivity contribution in [2.24, 2.45) is 5.92 Å². The van der Waals surface area contributed by atoms with Gasteiger partial charge in [0.05, 0.1) is 0 Å². The molecule has 0 bridgehead atoms. The van der Waals surface area contributed by atoms with Crippen molar-refractivity contribution in [2.45, 2.75) is 52.7 Å². The molecule has 7 nitrogen and oxygen atoms in total. The number of alkyl carbamates (subject to hydrolysis) is 1. The van der Waals surface area contributed by atoms with Crippen LogP contribution in [0.25, 0.3) is 0 Å². The zero-order valence-corrected chi connectivity index (χ0v) is 12.6. The highest BCUT2D eigenvalue weighted by atomic mass is 16.6. The number of aliphatic carboxylic acids is 1. The summed E-state index contributed by atoms with van der Waals surface area (Å²) in [5.74, 6) is -1.52. The van der Waals surface area contributed by atoms with E-state index in [9.17, 15) is 14.4 Å². The van der Waals surface area contributed by atoms with Crippen LogP contribution in [0.15, 0.2) is 0 Å². The third-order valence-corrected chi connectivity index (χ3v) is 2.13. The topological polar surface area (TPSA) is 105 Å². The molecule has 0 saturated carbocycles. The lowest BCUT2D eigenvalue weighted by atomic mass is 10.0. The first-order chi connectivity index (χ1) is 9.01. The van der Waals surface area contributed by atoms with E-state index in [0.717, 1.165) is 0 Å². The molecule has 0 aliphatic rings. The summed E-state index contributed by atoms with van der Waals surface area (Å²) < 4.78 is 5.08. The Balaban J connectivity index is 4.59. The summed E-state index contributed by atoms with van der Waals surface area (Å²) in [5.41, 5.74) is -0.663. The van der Waals surface area contributed by atoms with Crippen LogP contribution in [-0.2, 0) is 14.3 Å². The molecule has 0 spiro atoms. The average Bonchev–Trinajstić information content (AvgIpc) is 2.21. The lowest BCUT2D eigenvalue weighted by molar-refractivity contribution is -0.138. The molecular weight excluding hydrogens is 264 g/mol. The second kappa shape index (κ2) is 7.72. The third kappa shape index (κ3) is 9.18. The van der Waals surface area contributed by atoms with Gasteiger partial charge in [0.2, 0.25) is 5.91 Å². The lowest BCUT2D eigenvalue weighted by Crippen LogP contribution is -2.49. The number of carboxylic acids is 1. The number of carboxylic acid groups (broad SMARTS) is 1. The molecule has 0 radical (unpaired) electrons. The Morgan fingerprint density at radius 1 is 1.20 bits per heavy atom. The van der Waals surface area contributed by atoms with Crippen LogP contribution in [0.5, 0.6) is 0 Å². The maximum absolute atomic E-state index is 11.8. The van der Waals surface area contributed by atoms with Gasteiger partial charge in [0.1, 0.15) is 18.2 Å². The van der Waals surface area contributed by atoms with E-state index in [4.69, 9.17) is 9.84 Å². The predicted octanol–water partition coefficient (Wildman–Crippen LogP) is 1.13. The zero-order chi connectivity index (χ0) is 15.9. The maximum atomic E-state index is 11.8. The van der Waals surface area contributed by atoms with Crippen LogP contribution in [0.2, 0.25) is 0 Å². The van der Waals surface area contributed by atoms with E-state index in [1.807, 2.05) is 13.8 Å². The van der Waals surface area contributed by atoms with Crippen LogP contribution in [0, 0.1) is 5.92 Å². The van der Waals surface area contributed by atoms with Crippen LogP contribution in [0.3, 0.4) is 0 Å². The molecule has 0 aromatic rings. The largest absolute Gasteiger partial charge is 0.480 e. The molecule has 2 amide bonds. The molecule has 0 rings (SSSR count). The Hall–Kier alpha value is -1.79. The van der Waals surface area contributed by atoms with E-state index in [-0.39, 0.29) is 5.92 Å². The van der Waals surface area contributed by atoms with Crippen molar-refractivity contribution in [3.8, 4) is 0 Å². The molecule has 0 saturated heterocycles. The Kier molecular flexibility index (Phi) is 7.02. The summed E-state index contributed by atoms with van der Waals surface area (Å²) in [7, 11) is 0. The van der Waals surface area contributed by atoms with Gasteiger partial charge < -0.3 is 20.5 Å². The molecule has 0 aliphatic heterocycles. The summed E-state index contributed by atoms with van der Waals surface area (Å²) in [6.45, 7) is 8.46. The Labute approximate surface area is 119 Å². The van der Waals surface area contributed by atoms with Crippen molar-refractivity contribution in [3.05, 3.63) is 0 Å². The van der Waals surface area contributed by atoms with Gasteiger partial charge in [-0.3, -0.25) is 9.59 Å². The number of amides is 2. The number of carbonyl (C=O) groups excluding carboxylic acids is 2. The van der Waals surface area contributed by atoms with Crippen LogP contribution in [0.1, 0.15) is 41.0 Å². The van der Waals surface area contributed by atoms with Crippen molar-refractivity contribution < 1.29 is 24.2 Å². The molecule has 0 aromatic heterocycles. The van der Waals surface area contributed by atoms with E-state index in [1.165, 1.54) is 0 Å². The van der Waals surface area contributed by atoms with E-state index >= 15 is 0 Å². The molecule has 7 heteroatoms. The van der Waals surface area contributed by atoms with Gasteiger partial charge in [-0.1, -0.05) is 13.8 Å². The van der Waals surface area contributed by atoms with Gasteiger partial charge in [0.15, 0.2) is 0 Å². The molecule has 0 aliphatic carbocycles. The van der Waals surface area contributed by atoms with Crippen molar-refractivity contribution in [3.63, 3.8) is 0 Å². The van der Waals surface area contributed by atoms with E-state index < -0.39 is 36.2 Å². The number of hydrogen-bond donors (Lipinski definition) is 3. The molecule has 0 fully saturated rings. The third-order valence-electron chi connectivity index (χ3n) is 2.13. The second-order valence-corrected chi connectivity index (χ2v) is 5.94. The molecule has 3 N–H and O–H groups in total. The van der Waals surface area contributed by atoms with Gasteiger partial charge in [0, 0.05) is 0 Å². The highest BCUT2D eigenvalue weighted by Gasteiger charge is 2.25. The van der Waals surface area contributed by atoms with Crippen LogP contribution in [-0.4, -0.2) is 41.3 Å². The minimum atomic E-state index is -1.14. The van der Waals surface area contributed by atoms with E-state index in [0.29, 0.717) is 6.42 Å². The molecule has 0 unspecified atom stereocenters.